The Bertz CT molecular complexity index is 1010. The first-order valence-electron chi connectivity index (χ1n) is 8.81. The smallest absolute Gasteiger partial charge is 0.137 e. The van der Waals surface area contributed by atoms with Crippen molar-refractivity contribution in [3.8, 4) is 11.3 Å². The molecule has 0 aliphatic rings. The summed E-state index contributed by atoms with van der Waals surface area (Å²) in [5, 5.41) is 10.7. The van der Waals surface area contributed by atoms with Crippen molar-refractivity contribution in [1.29, 1.82) is 0 Å². The van der Waals surface area contributed by atoms with E-state index in [9.17, 15) is 5.11 Å². The first-order chi connectivity index (χ1) is 13.8. The molecule has 28 heavy (non-hydrogen) atoms. The van der Waals surface area contributed by atoms with Crippen LogP contribution >= 0.6 is 0 Å². The lowest BCUT2D eigenvalue weighted by Crippen LogP contribution is -2.26. The van der Waals surface area contributed by atoms with Crippen molar-refractivity contribution >= 4 is 11.6 Å². The Morgan fingerprint density at radius 3 is 2.54 bits per heavy atom. The maximum Gasteiger partial charge on any atom is 0.137 e. The van der Waals surface area contributed by atoms with Gasteiger partial charge in [0.15, 0.2) is 0 Å². The number of anilines is 2. The quantitative estimate of drug-likeness (QED) is 0.557. The summed E-state index contributed by atoms with van der Waals surface area (Å²) < 4.78 is 0. The van der Waals surface area contributed by atoms with Gasteiger partial charge in [-0.1, -0.05) is 12.1 Å². The van der Waals surface area contributed by atoms with Crippen LogP contribution in [0.4, 0.5) is 11.6 Å². The van der Waals surface area contributed by atoms with Crippen LogP contribution in [0.25, 0.3) is 11.3 Å². The molecule has 138 valence electrons. The Morgan fingerprint density at radius 2 is 1.79 bits per heavy atom. The number of nitrogens with zero attached hydrogens (tertiary/aromatic N) is 6. The van der Waals surface area contributed by atoms with Gasteiger partial charge in [-0.2, -0.15) is 0 Å². The molecule has 0 radical (unpaired) electrons. The molecule has 1 unspecified atom stereocenters. The van der Waals surface area contributed by atoms with E-state index in [0.717, 1.165) is 11.3 Å². The average Bonchev–Trinajstić information content (AvgIpc) is 2.79. The Labute approximate surface area is 162 Å². The molecule has 0 aromatic carbocycles. The molecule has 0 spiro atoms. The predicted octanol–water partition coefficient (Wildman–Crippen LogP) is 3.20. The summed E-state index contributed by atoms with van der Waals surface area (Å²) in [6.45, 7) is 0.248. The lowest BCUT2D eigenvalue weighted by molar-refractivity contribution is 0.181. The molecule has 0 aliphatic heterocycles. The van der Waals surface area contributed by atoms with Crippen LogP contribution in [0.2, 0.25) is 0 Å². The number of aliphatic hydroxyl groups excluding tert-OH is 1. The molecule has 4 aromatic heterocycles. The number of hydrogen-bond acceptors (Lipinski definition) is 7. The van der Waals surface area contributed by atoms with Gasteiger partial charge in [-0.15, -0.1) is 0 Å². The van der Waals surface area contributed by atoms with Gasteiger partial charge in [-0.25, -0.2) is 15.0 Å². The van der Waals surface area contributed by atoms with Crippen LogP contribution in [0.1, 0.15) is 11.8 Å². The van der Waals surface area contributed by atoms with Gasteiger partial charge in [0.2, 0.25) is 0 Å². The Kier molecular flexibility index (Phi) is 5.26. The second-order valence-corrected chi connectivity index (χ2v) is 6.07. The maximum atomic E-state index is 10.7. The first-order valence-corrected chi connectivity index (χ1v) is 8.81. The summed E-state index contributed by atoms with van der Waals surface area (Å²) in [5.41, 5.74) is 2.29. The van der Waals surface area contributed by atoms with Crippen molar-refractivity contribution in [2.75, 3.05) is 11.4 Å². The van der Waals surface area contributed by atoms with Crippen molar-refractivity contribution < 1.29 is 5.11 Å². The molecule has 4 aromatic rings. The van der Waals surface area contributed by atoms with E-state index in [2.05, 4.69) is 19.9 Å². The standard InChI is InChI=1S/C21H18N6O/c28-19(18-6-1-2-11-24-18)14-27(20-9-12-23-15-25-20)21-8-3-7-17(26-21)16-5-4-10-22-13-16/h1-13,15,19,28H,14H2. The topological polar surface area (TPSA) is 87.9 Å². The summed E-state index contributed by atoms with van der Waals surface area (Å²) in [4.78, 5) is 23.3. The fraction of sp³-hybridized carbons (Fsp3) is 0.0952. The van der Waals surface area contributed by atoms with Gasteiger partial charge >= 0.3 is 0 Å². The summed E-state index contributed by atoms with van der Waals surface area (Å²) in [6, 6.07) is 16.8. The number of hydrogen-bond donors (Lipinski definition) is 1. The van der Waals surface area contributed by atoms with Crippen LogP contribution in [-0.4, -0.2) is 36.6 Å². The second kappa shape index (κ2) is 8.32. The van der Waals surface area contributed by atoms with Gasteiger partial charge in [0.25, 0.3) is 0 Å². The molecule has 0 amide bonds. The van der Waals surface area contributed by atoms with Gasteiger partial charge < -0.3 is 10.0 Å². The fourth-order valence-corrected chi connectivity index (χ4v) is 2.84. The van der Waals surface area contributed by atoms with Gasteiger partial charge in [0.05, 0.1) is 17.9 Å². The molecule has 0 fully saturated rings. The van der Waals surface area contributed by atoms with Crippen molar-refractivity contribution in [2.24, 2.45) is 0 Å². The predicted molar refractivity (Wildman–Crippen MR) is 106 cm³/mol. The summed E-state index contributed by atoms with van der Waals surface area (Å²) in [7, 11) is 0. The molecule has 1 N–H and O–H groups in total. The molecule has 4 heterocycles. The molecule has 0 saturated heterocycles. The third-order valence-corrected chi connectivity index (χ3v) is 4.20. The van der Waals surface area contributed by atoms with Gasteiger partial charge in [-0.05, 0) is 42.5 Å². The van der Waals surface area contributed by atoms with E-state index in [0.29, 0.717) is 17.3 Å². The van der Waals surface area contributed by atoms with Crippen molar-refractivity contribution in [3.63, 3.8) is 0 Å². The average molecular weight is 370 g/mol. The molecule has 1 atom stereocenters. The highest BCUT2D eigenvalue weighted by Gasteiger charge is 2.19. The summed E-state index contributed by atoms with van der Waals surface area (Å²) in [5.74, 6) is 1.30. The largest absolute Gasteiger partial charge is 0.385 e. The minimum Gasteiger partial charge on any atom is -0.385 e. The second-order valence-electron chi connectivity index (χ2n) is 6.07. The van der Waals surface area contributed by atoms with Crippen molar-refractivity contribution in [1.82, 2.24) is 24.9 Å². The number of aliphatic hydroxyl groups is 1. The highest BCUT2D eigenvalue weighted by molar-refractivity contribution is 5.63. The van der Waals surface area contributed by atoms with E-state index >= 15 is 0 Å². The minimum atomic E-state index is -0.806. The highest BCUT2D eigenvalue weighted by Crippen LogP contribution is 2.27. The van der Waals surface area contributed by atoms with Crippen LogP contribution in [0.5, 0.6) is 0 Å². The normalized spacial score (nSPS) is 11.8. The fourth-order valence-electron chi connectivity index (χ4n) is 2.84. The van der Waals surface area contributed by atoms with E-state index in [1.54, 1.807) is 36.9 Å². The van der Waals surface area contributed by atoms with E-state index < -0.39 is 6.10 Å². The molecule has 7 heteroatoms. The van der Waals surface area contributed by atoms with Crippen LogP contribution in [0.3, 0.4) is 0 Å². The molecule has 0 saturated carbocycles. The molecular formula is C21H18N6O. The minimum absolute atomic E-state index is 0.248. The Hall–Kier alpha value is -3.71. The molecule has 7 nitrogen and oxygen atoms in total. The van der Waals surface area contributed by atoms with Crippen LogP contribution in [0.15, 0.2) is 85.7 Å². The monoisotopic (exact) mass is 370 g/mol. The molecule has 0 aliphatic carbocycles. The van der Waals surface area contributed by atoms with Gasteiger partial charge in [0, 0.05) is 30.4 Å². The Morgan fingerprint density at radius 1 is 0.821 bits per heavy atom. The lowest BCUT2D eigenvalue weighted by atomic mass is 10.2. The lowest BCUT2D eigenvalue weighted by Gasteiger charge is -2.25. The SMILES string of the molecule is OC(CN(c1ccncn1)c1cccc(-c2cccnc2)n1)c1ccccn1. The maximum absolute atomic E-state index is 10.7. The third kappa shape index (κ3) is 3.99. The van der Waals surface area contributed by atoms with Crippen molar-refractivity contribution in [2.45, 2.75) is 6.10 Å². The van der Waals surface area contributed by atoms with E-state index in [-0.39, 0.29) is 6.54 Å². The third-order valence-electron chi connectivity index (χ3n) is 4.20. The molecule has 0 bridgehead atoms. The zero-order valence-electron chi connectivity index (χ0n) is 15.0. The van der Waals surface area contributed by atoms with E-state index in [4.69, 9.17) is 4.98 Å². The van der Waals surface area contributed by atoms with Crippen LogP contribution in [0, 0.1) is 0 Å². The summed E-state index contributed by atoms with van der Waals surface area (Å²) >= 11 is 0. The van der Waals surface area contributed by atoms with E-state index in [1.165, 1.54) is 6.33 Å². The van der Waals surface area contributed by atoms with Gasteiger partial charge in [0.1, 0.15) is 24.1 Å². The number of aromatic nitrogens is 5. The zero-order valence-corrected chi connectivity index (χ0v) is 15.0. The highest BCUT2D eigenvalue weighted by atomic mass is 16.3. The first kappa shape index (κ1) is 17.7. The number of pyridine rings is 3. The van der Waals surface area contributed by atoms with Crippen molar-refractivity contribution in [3.05, 3.63) is 91.4 Å². The molecular weight excluding hydrogens is 352 g/mol. The summed E-state index contributed by atoms with van der Waals surface area (Å²) in [6.07, 6.45) is 7.48. The zero-order chi connectivity index (χ0) is 19.2. The molecule has 4 rings (SSSR count). The van der Waals surface area contributed by atoms with E-state index in [1.807, 2.05) is 47.4 Å². The van der Waals surface area contributed by atoms with Gasteiger partial charge in [-0.3, -0.25) is 9.97 Å². The van der Waals surface area contributed by atoms with Crippen LogP contribution in [-0.2, 0) is 0 Å². The number of rotatable bonds is 6. The Balaban J connectivity index is 1.70. The van der Waals surface area contributed by atoms with Crippen LogP contribution < -0.4 is 4.90 Å².